The van der Waals surface area contributed by atoms with Crippen LogP contribution in [-0.2, 0) is 22.7 Å². The summed E-state index contributed by atoms with van der Waals surface area (Å²) in [6.07, 6.45) is 0. The van der Waals surface area contributed by atoms with E-state index >= 15 is 0 Å². The Hall–Kier alpha value is -1.84. The van der Waals surface area contributed by atoms with E-state index < -0.39 is 0 Å². The summed E-state index contributed by atoms with van der Waals surface area (Å²) in [4.78, 5) is 4.19. The quantitative estimate of drug-likeness (QED) is 0.215. The molecule has 0 unspecified atom stereocenters. The molecular weight excluding hydrogens is 469 g/mol. The Balaban J connectivity index is 0.00000392. The smallest absolute Gasteiger partial charge is 0.191 e. The van der Waals surface area contributed by atoms with Crippen LogP contribution < -0.4 is 15.4 Å². The number of guanidine groups is 1. The molecule has 7 heteroatoms. The van der Waals surface area contributed by atoms with E-state index in [1.807, 2.05) is 42.5 Å². The molecule has 2 rings (SSSR count). The average molecular weight is 499 g/mol. The first-order valence-corrected chi connectivity index (χ1v) is 9.09. The molecule has 0 aromatic heterocycles. The molecule has 28 heavy (non-hydrogen) atoms. The van der Waals surface area contributed by atoms with Crippen LogP contribution in [0.3, 0.4) is 0 Å². The van der Waals surface area contributed by atoms with Crippen molar-refractivity contribution in [2.75, 3.05) is 40.5 Å². The van der Waals surface area contributed by atoms with Gasteiger partial charge in [-0.3, -0.25) is 4.99 Å². The van der Waals surface area contributed by atoms with Crippen LogP contribution in [0, 0.1) is 0 Å². The van der Waals surface area contributed by atoms with Gasteiger partial charge in [0.25, 0.3) is 0 Å². The lowest BCUT2D eigenvalue weighted by atomic mass is 10.2. The summed E-state index contributed by atoms with van der Waals surface area (Å²) < 4.78 is 16.7. The van der Waals surface area contributed by atoms with Gasteiger partial charge >= 0.3 is 0 Å². The standard InChI is InChI=1S/C21H29N3O3.HI/c1-22-21(23-12-14-26-16-18-8-4-3-5-9-18)24-13-15-27-17-19-10-6-7-11-20(19)25-2;/h3-11H,12-17H2,1-2H3,(H2,22,23,24);1H. The van der Waals surface area contributed by atoms with Crippen LogP contribution in [0.15, 0.2) is 59.6 Å². The van der Waals surface area contributed by atoms with Gasteiger partial charge in [-0.05, 0) is 11.6 Å². The lowest BCUT2D eigenvalue weighted by Crippen LogP contribution is -2.40. The zero-order valence-electron chi connectivity index (χ0n) is 16.5. The summed E-state index contributed by atoms with van der Waals surface area (Å²) in [5.74, 6) is 1.58. The molecule has 0 spiro atoms. The summed E-state index contributed by atoms with van der Waals surface area (Å²) in [5, 5.41) is 6.44. The van der Waals surface area contributed by atoms with Gasteiger partial charge in [0.15, 0.2) is 5.96 Å². The highest BCUT2D eigenvalue weighted by Crippen LogP contribution is 2.17. The molecule has 2 N–H and O–H groups in total. The van der Waals surface area contributed by atoms with Crippen molar-refractivity contribution >= 4 is 29.9 Å². The predicted molar refractivity (Wildman–Crippen MR) is 124 cm³/mol. The fraction of sp³-hybridized carbons (Fsp3) is 0.381. The van der Waals surface area contributed by atoms with Gasteiger partial charge in [-0.1, -0.05) is 48.5 Å². The van der Waals surface area contributed by atoms with Crippen molar-refractivity contribution in [3.05, 3.63) is 65.7 Å². The number of benzene rings is 2. The van der Waals surface area contributed by atoms with Crippen LogP contribution in [-0.4, -0.2) is 46.4 Å². The third kappa shape index (κ3) is 9.38. The van der Waals surface area contributed by atoms with Crippen molar-refractivity contribution in [1.29, 1.82) is 0 Å². The van der Waals surface area contributed by atoms with E-state index in [0.717, 1.165) is 17.3 Å². The second-order valence-electron chi connectivity index (χ2n) is 5.83. The number of para-hydroxylation sites is 1. The number of ether oxygens (including phenoxy) is 3. The zero-order chi connectivity index (χ0) is 19.2. The summed E-state index contributed by atoms with van der Waals surface area (Å²) in [7, 11) is 3.41. The second-order valence-corrected chi connectivity index (χ2v) is 5.83. The Kier molecular flexibility index (Phi) is 13.1. The van der Waals surface area contributed by atoms with Crippen molar-refractivity contribution in [3.63, 3.8) is 0 Å². The van der Waals surface area contributed by atoms with Gasteiger partial charge in [0, 0.05) is 25.7 Å². The number of hydrogen-bond donors (Lipinski definition) is 2. The highest BCUT2D eigenvalue weighted by molar-refractivity contribution is 14.0. The maximum absolute atomic E-state index is 5.70. The number of hydrogen-bond acceptors (Lipinski definition) is 4. The molecule has 0 aliphatic heterocycles. The fourth-order valence-corrected chi connectivity index (χ4v) is 2.47. The minimum atomic E-state index is 0. The molecule has 154 valence electrons. The molecule has 0 aliphatic carbocycles. The lowest BCUT2D eigenvalue weighted by Gasteiger charge is -2.13. The maximum atomic E-state index is 5.70. The van der Waals surface area contributed by atoms with E-state index in [2.05, 4.69) is 27.8 Å². The van der Waals surface area contributed by atoms with Crippen molar-refractivity contribution < 1.29 is 14.2 Å². The Morgan fingerprint density at radius 3 is 2.11 bits per heavy atom. The van der Waals surface area contributed by atoms with Crippen LogP contribution in [0.25, 0.3) is 0 Å². The molecule has 6 nitrogen and oxygen atoms in total. The van der Waals surface area contributed by atoms with Crippen LogP contribution in [0.1, 0.15) is 11.1 Å². The van der Waals surface area contributed by atoms with Gasteiger partial charge in [-0.15, -0.1) is 24.0 Å². The Labute approximate surface area is 184 Å². The topological polar surface area (TPSA) is 64.1 Å². The van der Waals surface area contributed by atoms with Crippen molar-refractivity contribution in [2.45, 2.75) is 13.2 Å². The first kappa shape index (κ1) is 24.2. The van der Waals surface area contributed by atoms with E-state index in [4.69, 9.17) is 14.2 Å². The molecule has 0 aliphatic rings. The van der Waals surface area contributed by atoms with E-state index in [-0.39, 0.29) is 24.0 Å². The lowest BCUT2D eigenvalue weighted by molar-refractivity contribution is 0.122. The number of nitrogens with zero attached hydrogens (tertiary/aromatic N) is 1. The third-order valence-electron chi connectivity index (χ3n) is 3.86. The first-order chi connectivity index (χ1) is 13.3. The summed E-state index contributed by atoms with van der Waals surface area (Å²) in [6.45, 7) is 3.67. The minimum absolute atomic E-state index is 0. The van der Waals surface area contributed by atoms with Crippen LogP contribution in [0.4, 0.5) is 0 Å². The zero-order valence-corrected chi connectivity index (χ0v) is 18.8. The van der Waals surface area contributed by atoms with Crippen LogP contribution in [0.2, 0.25) is 0 Å². The number of methoxy groups -OCH3 is 1. The SMILES string of the molecule is CN=C(NCCOCc1ccccc1)NCCOCc1ccccc1OC.I. The van der Waals surface area contributed by atoms with Crippen LogP contribution in [0.5, 0.6) is 5.75 Å². The molecule has 0 saturated heterocycles. The molecule has 2 aromatic rings. The maximum Gasteiger partial charge on any atom is 0.191 e. The first-order valence-electron chi connectivity index (χ1n) is 9.09. The summed E-state index contributed by atoms with van der Waals surface area (Å²) in [6, 6.07) is 18.0. The van der Waals surface area contributed by atoms with E-state index in [9.17, 15) is 0 Å². The molecule has 0 radical (unpaired) electrons. The normalized spacial score (nSPS) is 10.9. The third-order valence-corrected chi connectivity index (χ3v) is 3.86. The van der Waals surface area contributed by atoms with Gasteiger partial charge in [0.05, 0.1) is 33.5 Å². The molecular formula is C21H30IN3O3. The number of halogens is 1. The number of aliphatic imine (C=N–C) groups is 1. The highest BCUT2D eigenvalue weighted by Gasteiger charge is 2.02. The molecule has 0 atom stereocenters. The van der Waals surface area contributed by atoms with Gasteiger partial charge in [-0.25, -0.2) is 0 Å². The van der Waals surface area contributed by atoms with Gasteiger partial charge in [-0.2, -0.15) is 0 Å². The second kappa shape index (κ2) is 15.1. The highest BCUT2D eigenvalue weighted by atomic mass is 127. The molecule has 0 fully saturated rings. The predicted octanol–water partition coefficient (Wildman–Crippen LogP) is 3.21. The molecule has 0 heterocycles. The van der Waals surface area contributed by atoms with Crippen molar-refractivity contribution in [1.82, 2.24) is 10.6 Å². The van der Waals surface area contributed by atoms with Gasteiger partial charge < -0.3 is 24.8 Å². The Morgan fingerprint density at radius 2 is 1.46 bits per heavy atom. The molecule has 0 bridgehead atoms. The largest absolute Gasteiger partial charge is 0.496 e. The fourth-order valence-electron chi connectivity index (χ4n) is 2.47. The number of nitrogens with one attached hydrogen (secondary N) is 2. The van der Waals surface area contributed by atoms with E-state index in [1.165, 1.54) is 5.56 Å². The number of rotatable bonds is 11. The Bertz CT molecular complexity index is 684. The van der Waals surface area contributed by atoms with Gasteiger partial charge in [0.2, 0.25) is 0 Å². The Morgan fingerprint density at radius 1 is 0.857 bits per heavy atom. The van der Waals surface area contributed by atoms with E-state index in [1.54, 1.807) is 14.2 Å². The van der Waals surface area contributed by atoms with Crippen LogP contribution >= 0.6 is 24.0 Å². The van der Waals surface area contributed by atoms with E-state index in [0.29, 0.717) is 39.5 Å². The van der Waals surface area contributed by atoms with Crippen molar-refractivity contribution in [2.24, 2.45) is 4.99 Å². The average Bonchev–Trinajstić information content (AvgIpc) is 2.72. The summed E-state index contributed by atoms with van der Waals surface area (Å²) in [5.41, 5.74) is 2.21. The molecule has 2 aromatic carbocycles. The molecule has 0 saturated carbocycles. The monoisotopic (exact) mass is 499 g/mol. The summed E-state index contributed by atoms with van der Waals surface area (Å²) >= 11 is 0. The minimum Gasteiger partial charge on any atom is -0.496 e. The molecule has 0 amide bonds. The van der Waals surface area contributed by atoms with Gasteiger partial charge in [0.1, 0.15) is 5.75 Å². The van der Waals surface area contributed by atoms with Crippen molar-refractivity contribution in [3.8, 4) is 5.75 Å².